The standard InChI is InChI=1S/C27H26N6O2/c1-18-3-5-19(6-4-18)7-9-22-23-17-21(27(34)35-2)8-10-24(23)33(16-13-25-29-31-32-30-25)26(22)20-11-14-28-15-12-20/h3-6,8,10-12,14-15,17H,7,9,13,16H2,1-2H3,(H,29,30,31,32). The maximum atomic E-state index is 12.4. The van der Waals surface area contributed by atoms with Crippen molar-refractivity contribution in [3.63, 3.8) is 0 Å². The number of tetrazole rings is 1. The SMILES string of the molecule is COC(=O)c1ccc2c(c1)c(CCc1ccc(C)cc1)c(-c1ccncc1)n2CCc1nn[nH]n1. The Morgan fingerprint density at radius 2 is 1.80 bits per heavy atom. The van der Waals surface area contributed by atoms with Gasteiger partial charge in [0.15, 0.2) is 5.82 Å². The first-order valence-electron chi connectivity index (χ1n) is 11.6. The van der Waals surface area contributed by atoms with E-state index in [-0.39, 0.29) is 5.97 Å². The fourth-order valence-corrected chi connectivity index (χ4v) is 4.52. The third kappa shape index (κ3) is 4.68. The first kappa shape index (κ1) is 22.5. The molecule has 0 amide bonds. The normalized spacial score (nSPS) is 11.1. The molecule has 0 aliphatic rings. The molecule has 0 saturated carbocycles. The third-order valence-electron chi connectivity index (χ3n) is 6.28. The monoisotopic (exact) mass is 466 g/mol. The number of aryl methyl sites for hydroxylation is 5. The fourth-order valence-electron chi connectivity index (χ4n) is 4.52. The van der Waals surface area contributed by atoms with Crippen LogP contribution in [0.5, 0.6) is 0 Å². The molecule has 5 rings (SSSR count). The molecule has 35 heavy (non-hydrogen) atoms. The average Bonchev–Trinajstić information content (AvgIpc) is 3.52. The Kier molecular flexibility index (Phi) is 6.34. The molecule has 0 atom stereocenters. The molecule has 0 unspecified atom stereocenters. The zero-order chi connectivity index (χ0) is 24.2. The number of fused-ring (bicyclic) bond motifs is 1. The molecule has 0 aliphatic carbocycles. The van der Waals surface area contributed by atoms with E-state index < -0.39 is 0 Å². The summed E-state index contributed by atoms with van der Waals surface area (Å²) in [6.45, 7) is 2.76. The van der Waals surface area contributed by atoms with Crippen LogP contribution in [0.15, 0.2) is 67.0 Å². The van der Waals surface area contributed by atoms with Crippen LogP contribution >= 0.6 is 0 Å². The number of carbonyl (C=O) groups excluding carboxylic acids is 1. The number of carbonyl (C=O) groups is 1. The molecule has 0 spiro atoms. The smallest absolute Gasteiger partial charge is 0.337 e. The lowest BCUT2D eigenvalue weighted by Crippen LogP contribution is -2.06. The third-order valence-corrected chi connectivity index (χ3v) is 6.28. The molecule has 3 heterocycles. The minimum Gasteiger partial charge on any atom is -0.465 e. The largest absolute Gasteiger partial charge is 0.465 e. The second-order valence-corrected chi connectivity index (χ2v) is 8.50. The maximum Gasteiger partial charge on any atom is 0.337 e. The molecular weight excluding hydrogens is 440 g/mol. The van der Waals surface area contributed by atoms with E-state index in [1.165, 1.54) is 23.8 Å². The van der Waals surface area contributed by atoms with Crippen molar-refractivity contribution in [2.24, 2.45) is 0 Å². The van der Waals surface area contributed by atoms with Crippen molar-refractivity contribution >= 4 is 16.9 Å². The number of aromatic nitrogens is 6. The van der Waals surface area contributed by atoms with Gasteiger partial charge >= 0.3 is 5.97 Å². The lowest BCUT2D eigenvalue weighted by atomic mass is 9.98. The van der Waals surface area contributed by atoms with E-state index in [1.54, 1.807) is 12.4 Å². The Balaban J connectivity index is 1.66. The van der Waals surface area contributed by atoms with E-state index in [0.717, 1.165) is 35.0 Å². The molecule has 8 nitrogen and oxygen atoms in total. The summed E-state index contributed by atoms with van der Waals surface area (Å²) in [5.41, 5.74) is 7.47. The van der Waals surface area contributed by atoms with Gasteiger partial charge in [-0.05, 0) is 61.2 Å². The highest BCUT2D eigenvalue weighted by Crippen LogP contribution is 2.35. The number of ether oxygens (including phenoxy) is 1. The molecule has 1 N–H and O–H groups in total. The lowest BCUT2D eigenvalue weighted by molar-refractivity contribution is 0.0601. The van der Waals surface area contributed by atoms with E-state index >= 15 is 0 Å². The van der Waals surface area contributed by atoms with E-state index in [9.17, 15) is 4.79 Å². The van der Waals surface area contributed by atoms with Crippen molar-refractivity contribution in [3.8, 4) is 11.3 Å². The summed E-state index contributed by atoms with van der Waals surface area (Å²) in [6.07, 6.45) is 5.93. The van der Waals surface area contributed by atoms with E-state index in [1.807, 2.05) is 30.3 Å². The number of nitrogens with zero attached hydrogens (tertiary/aromatic N) is 5. The summed E-state index contributed by atoms with van der Waals surface area (Å²) < 4.78 is 7.29. The predicted molar refractivity (Wildman–Crippen MR) is 133 cm³/mol. The second-order valence-electron chi connectivity index (χ2n) is 8.50. The fraction of sp³-hybridized carbons (Fsp3) is 0.222. The van der Waals surface area contributed by atoms with Gasteiger partial charge in [-0.15, -0.1) is 10.2 Å². The quantitative estimate of drug-likeness (QED) is 0.342. The summed E-state index contributed by atoms with van der Waals surface area (Å²) >= 11 is 0. The topological polar surface area (TPSA) is 98.6 Å². The highest BCUT2D eigenvalue weighted by Gasteiger charge is 2.21. The number of nitrogens with one attached hydrogen (secondary N) is 1. The molecular formula is C27H26N6O2. The van der Waals surface area contributed by atoms with Gasteiger partial charge in [0, 0.05) is 41.8 Å². The number of methoxy groups -OCH3 is 1. The van der Waals surface area contributed by atoms with Crippen molar-refractivity contribution in [2.75, 3.05) is 7.11 Å². The summed E-state index contributed by atoms with van der Waals surface area (Å²) in [5.74, 6) is 0.307. The summed E-state index contributed by atoms with van der Waals surface area (Å²) in [7, 11) is 1.41. The molecule has 0 bridgehead atoms. The van der Waals surface area contributed by atoms with Gasteiger partial charge in [0.2, 0.25) is 0 Å². The van der Waals surface area contributed by atoms with Gasteiger partial charge in [-0.3, -0.25) is 4.98 Å². The van der Waals surface area contributed by atoms with Gasteiger partial charge in [0.05, 0.1) is 18.4 Å². The van der Waals surface area contributed by atoms with Crippen LogP contribution < -0.4 is 0 Å². The van der Waals surface area contributed by atoms with E-state index in [0.29, 0.717) is 24.4 Å². The number of hydrogen-bond donors (Lipinski definition) is 1. The summed E-state index contributed by atoms with van der Waals surface area (Å²) in [6, 6.07) is 18.4. The molecule has 5 aromatic rings. The zero-order valence-corrected chi connectivity index (χ0v) is 19.7. The van der Waals surface area contributed by atoms with Gasteiger partial charge < -0.3 is 9.30 Å². The Hall–Kier alpha value is -4.33. The zero-order valence-electron chi connectivity index (χ0n) is 19.7. The molecule has 3 aromatic heterocycles. The number of H-pyrrole nitrogens is 1. The molecule has 176 valence electrons. The van der Waals surface area contributed by atoms with Gasteiger partial charge in [-0.2, -0.15) is 5.21 Å². The van der Waals surface area contributed by atoms with Crippen LogP contribution in [0.25, 0.3) is 22.2 Å². The van der Waals surface area contributed by atoms with Crippen molar-refractivity contribution in [3.05, 3.63) is 95.1 Å². The van der Waals surface area contributed by atoms with Crippen LogP contribution in [0.1, 0.15) is 32.9 Å². The number of rotatable bonds is 8. The van der Waals surface area contributed by atoms with E-state index in [2.05, 4.69) is 61.4 Å². The molecule has 0 saturated heterocycles. The van der Waals surface area contributed by atoms with Crippen molar-refractivity contribution in [1.29, 1.82) is 0 Å². The molecule has 0 fully saturated rings. The minimum absolute atomic E-state index is 0.346. The molecule has 8 heteroatoms. The highest BCUT2D eigenvalue weighted by molar-refractivity contribution is 5.98. The van der Waals surface area contributed by atoms with Crippen LogP contribution in [0.2, 0.25) is 0 Å². The Labute approximate surface area is 203 Å². The van der Waals surface area contributed by atoms with Crippen LogP contribution in [0.4, 0.5) is 0 Å². The van der Waals surface area contributed by atoms with Gasteiger partial charge in [-0.1, -0.05) is 35.0 Å². The minimum atomic E-state index is -0.346. The van der Waals surface area contributed by atoms with E-state index in [4.69, 9.17) is 4.74 Å². The van der Waals surface area contributed by atoms with Gasteiger partial charge in [0.1, 0.15) is 0 Å². The molecule has 0 radical (unpaired) electrons. The molecule has 2 aromatic carbocycles. The number of aromatic amines is 1. The second kappa shape index (κ2) is 9.89. The number of esters is 1. The highest BCUT2D eigenvalue weighted by atomic mass is 16.5. The summed E-state index contributed by atoms with van der Waals surface area (Å²) in [5, 5.41) is 15.5. The number of hydrogen-bond acceptors (Lipinski definition) is 6. The van der Waals surface area contributed by atoms with Crippen LogP contribution in [-0.2, 0) is 30.5 Å². The van der Waals surface area contributed by atoms with Crippen molar-refractivity contribution < 1.29 is 9.53 Å². The Morgan fingerprint density at radius 1 is 1.00 bits per heavy atom. The van der Waals surface area contributed by atoms with Crippen LogP contribution in [0, 0.1) is 6.92 Å². The number of pyridine rings is 1. The lowest BCUT2D eigenvalue weighted by Gasteiger charge is -2.12. The van der Waals surface area contributed by atoms with Crippen molar-refractivity contribution in [2.45, 2.75) is 32.7 Å². The predicted octanol–water partition coefficient (Wildman–Crippen LogP) is 4.34. The first-order valence-corrected chi connectivity index (χ1v) is 11.6. The van der Waals surface area contributed by atoms with Gasteiger partial charge in [0.25, 0.3) is 0 Å². The van der Waals surface area contributed by atoms with Crippen LogP contribution in [-0.4, -0.2) is 43.3 Å². The first-order chi connectivity index (χ1) is 17.1. The number of benzene rings is 2. The summed E-state index contributed by atoms with van der Waals surface area (Å²) in [4.78, 5) is 16.6. The van der Waals surface area contributed by atoms with Gasteiger partial charge in [-0.25, -0.2) is 4.79 Å². The molecule has 0 aliphatic heterocycles. The Bertz CT molecular complexity index is 1440. The van der Waals surface area contributed by atoms with Crippen molar-refractivity contribution in [1.82, 2.24) is 30.2 Å². The Morgan fingerprint density at radius 3 is 2.51 bits per heavy atom. The maximum absolute atomic E-state index is 12.4. The average molecular weight is 467 g/mol. The van der Waals surface area contributed by atoms with Crippen LogP contribution in [0.3, 0.4) is 0 Å².